The van der Waals surface area contributed by atoms with Gasteiger partial charge in [-0.15, -0.1) is 0 Å². The van der Waals surface area contributed by atoms with Crippen LogP contribution in [0.1, 0.15) is 25.7 Å². The van der Waals surface area contributed by atoms with Crippen molar-refractivity contribution in [3.05, 3.63) is 0 Å². The summed E-state index contributed by atoms with van der Waals surface area (Å²) in [5.41, 5.74) is 31.5. The Hall–Kier alpha value is -2.48. The van der Waals surface area contributed by atoms with Crippen molar-refractivity contribution in [3.8, 4) is 0 Å². The molecule has 0 spiro atoms. The Morgan fingerprint density at radius 3 is 1.41 bits per heavy atom. The molecule has 15 heteroatoms. The molecule has 0 radical (unpaired) electrons. The molecular formula is C12H26N8O6Se. The molecule has 156 valence electrons. The van der Waals surface area contributed by atoms with Gasteiger partial charge in [-0.2, -0.15) is 0 Å². The van der Waals surface area contributed by atoms with E-state index in [-0.39, 0.29) is 37.9 Å². The topological polar surface area (TPSA) is 268 Å². The van der Waals surface area contributed by atoms with E-state index in [0.29, 0.717) is 12.8 Å². The molecule has 0 aromatic carbocycles. The minimum absolute atomic E-state index is 0.0567. The standard InChI is InChI=1S/C12H26N8O6Se/c13-7(3-1-5-19-11(15)16)9(21)25-27(23,24)26-10(22)8(14)4-2-6-20-12(17)18/h7-8H,1-6,13-14H2,(H4,15,16,19)(H4,17,18,20)/t7-,8-/m0/s1. The van der Waals surface area contributed by atoms with E-state index in [1.54, 1.807) is 0 Å². The van der Waals surface area contributed by atoms with Gasteiger partial charge in [0.1, 0.15) is 0 Å². The van der Waals surface area contributed by atoms with E-state index in [1.807, 2.05) is 0 Å². The van der Waals surface area contributed by atoms with Gasteiger partial charge in [0.25, 0.3) is 0 Å². The van der Waals surface area contributed by atoms with Gasteiger partial charge in [-0.3, -0.25) is 0 Å². The third kappa shape index (κ3) is 12.5. The number of rotatable bonds is 12. The van der Waals surface area contributed by atoms with Crippen molar-refractivity contribution >= 4 is 37.2 Å². The molecule has 0 amide bonds. The van der Waals surface area contributed by atoms with Gasteiger partial charge in [0.15, 0.2) is 0 Å². The maximum absolute atomic E-state index is 11.7. The number of aliphatic imine (C=N–C) groups is 2. The summed E-state index contributed by atoms with van der Waals surface area (Å²) in [7, 11) is 0. The molecule has 14 nitrogen and oxygen atoms in total. The van der Waals surface area contributed by atoms with Crippen molar-refractivity contribution < 1.29 is 24.9 Å². The van der Waals surface area contributed by atoms with Crippen LogP contribution in [0.5, 0.6) is 0 Å². The molecule has 2 atom stereocenters. The molecule has 0 aliphatic rings. The summed E-state index contributed by atoms with van der Waals surface area (Å²) in [4.78, 5) is 30.7. The van der Waals surface area contributed by atoms with Crippen LogP contribution in [0.2, 0.25) is 0 Å². The van der Waals surface area contributed by atoms with Gasteiger partial charge < -0.3 is 0 Å². The zero-order valence-electron chi connectivity index (χ0n) is 14.6. The van der Waals surface area contributed by atoms with E-state index in [9.17, 15) is 17.3 Å². The summed E-state index contributed by atoms with van der Waals surface area (Å²) in [6, 6.07) is -2.52. The number of nitrogens with two attached hydrogens (primary N) is 6. The molecule has 0 bridgehead atoms. The number of hydrogen-bond donors (Lipinski definition) is 6. The van der Waals surface area contributed by atoms with Crippen molar-refractivity contribution in [1.29, 1.82) is 0 Å². The van der Waals surface area contributed by atoms with Gasteiger partial charge >= 0.3 is 157 Å². The molecule has 0 rings (SSSR count). The second-order valence-electron chi connectivity index (χ2n) is 5.32. The van der Waals surface area contributed by atoms with Crippen LogP contribution in [0.3, 0.4) is 0 Å². The Bertz CT molecular complexity index is 607. The fourth-order valence-electron chi connectivity index (χ4n) is 1.62. The summed E-state index contributed by atoms with van der Waals surface area (Å²) >= 11 is -5.78. The van der Waals surface area contributed by atoms with Crippen LogP contribution in [0, 0.1) is 0 Å². The van der Waals surface area contributed by atoms with Crippen LogP contribution < -0.4 is 34.4 Å². The van der Waals surface area contributed by atoms with E-state index in [0.717, 1.165) is 0 Å². The van der Waals surface area contributed by atoms with Crippen molar-refractivity contribution in [2.24, 2.45) is 44.4 Å². The Morgan fingerprint density at radius 2 is 1.11 bits per heavy atom. The van der Waals surface area contributed by atoms with Crippen LogP contribution in [-0.4, -0.2) is 62.4 Å². The first kappa shape index (κ1) is 24.5. The van der Waals surface area contributed by atoms with E-state index < -0.39 is 37.4 Å². The van der Waals surface area contributed by atoms with Gasteiger partial charge in [-0.1, -0.05) is 0 Å². The Kier molecular flexibility index (Phi) is 10.9. The fourth-order valence-corrected chi connectivity index (χ4v) is 3.05. The van der Waals surface area contributed by atoms with Crippen molar-refractivity contribution in [2.75, 3.05) is 13.1 Å². The maximum atomic E-state index is 11.7. The van der Waals surface area contributed by atoms with Crippen molar-refractivity contribution in [2.45, 2.75) is 37.8 Å². The van der Waals surface area contributed by atoms with E-state index in [4.69, 9.17) is 34.4 Å². The third-order valence-corrected chi connectivity index (χ3v) is 4.45. The average Bonchev–Trinajstić information content (AvgIpc) is 2.53. The van der Waals surface area contributed by atoms with Crippen LogP contribution in [-0.2, 0) is 24.9 Å². The molecule has 0 heterocycles. The first-order chi connectivity index (χ1) is 12.4. The summed E-state index contributed by atoms with van der Waals surface area (Å²) < 4.78 is 31.7. The van der Waals surface area contributed by atoms with Crippen LogP contribution in [0.4, 0.5) is 0 Å². The zero-order valence-corrected chi connectivity index (χ0v) is 16.3. The minimum atomic E-state index is -5.78. The summed E-state index contributed by atoms with van der Waals surface area (Å²) in [6.07, 6.45) is 0.730. The number of nitrogens with zero attached hydrogens (tertiary/aromatic N) is 2. The molecule has 0 saturated heterocycles. The molecule has 0 aromatic rings. The van der Waals surface area contributed by atoms with Gasteiger partial charge in [0.05, 0.1) is 0 Å². The van der Waals surface area contributed by atoms with E-state index >= 15 is 0 Å². The van der Waals surface area contributed by atoms with Crippen LogP contribution in [0.25, 0.3) is 0 Å². The molecule has 0 aromatic heterocycles. The van der Waals surface area contributed by atoms with E-state index in [2.05, 4.69) is 17.6 Å². The molecule has 27 heavy (non-hydrogen) atoms. The summed E-state index contributed by atoms with van der Waals surface area (Å²) in [5, 5.41) is 0. The summed E-state index contributed by atoms with van der Waals surface area (Å²) in [5.74, 6) is -2.78. The number of carbonyl (C=O) groups is 2. The predicted molar refractivity (Wildman–Crippen MR) is 95.1 cm³/mol. The number of hydrogen-bond acceptors (Lipinski definition) is 10. The second-order valence-corrected chi connectivity index (χ2v) is 7.74. The quantitative estimate of drug-likeness (QED) is 0.0711. The van der Waals surface area contributed by atoms with Crippen molar-refractivity contribution in [1.82, 2.24) is 0 Å². The van der Waals surface area contributed by atoms with Gasteiger partial charge in [0, 0.05) is 0 Å². The normalized spacial score (nSPS) is 13.1. The monoisotopic (exact) mass is 458 g/mol. The number of carbonyl (C=O) groups excluding carboxylic acids is 2. The molecule has 0 fully saturated rings. The fraction of sp³-hybridized carbons (Fsp3) is 0.667. The Labute approximate surface area is 158 Å². The van der Waals surface area contributed by atoms with Crippen LogP contribution >= 0.6 is 0 Å². The first-order valence-corrected chi connectivity index (χ1v) is 10.6. The first-order valence-electron chi connectivity index (χ1n) is 7.78. The molecule has 0 saturated carbocycles. The van der Waals surface area contributed by atoms with Crippen molar-refractivity contribution in [3.63, 3.8) is 0 Å². The summed E-state index contributed by atoms with van der Waals surface area (Å²) in [6.45, 7) is 0.400. The van der Waals surface area contributed by atoms with Gasteiger partial charge in [0.2, 0.25) is 0 Å². The Morgan fingerprint density at radius 1 is 0.778 bits per heavy atom. The van der Waals surface area contributed by atoms with Gasteiger partial charge in [-0.25, -0.2) is 0 Å². The predicted octanol–water partition coefficient (Wildman–Crippen LogP) is -3.87. The molecule has 0 unspecified atom stereocenters. The molecular weight excluding hydrogens is 431 g/mol. The molecule has 0 aliphatic heterocycles. The van der Waals surface area contributed by atoms with Gasteiger partial charge in [-0.05, 0) is 0 Å². The SMILES string of the molecule is NC(N)=NCCC[C@H](N)C(=O)O[Se](=O)(=O)OC(=O)[C@@H](N)CCCN=C(N)N. The number of guanidine groups is 2. The molecule has 12 N–H and O–H groups in total. The van der Waals surface area contributed by atoms with E-state index in [1.165, 1.54) is 0 Å². The Balaban J connectivity index is 4.40. The zero-order chi connectivity index (χ0) is 21.0. The third-order valence-electron chi connectivity index (χ3n) is 2.91. The second kappa shape index (κ2) is 12.0. The average molecular weight is 457 g/mol. The molecule has 0 aliphatic carbocycles. The van der Waals surface area contributed by atoms with Crippen LogP contribution in [0.15, 0.2) is 9.98 Å².